The van der Waals surface area contributed by atoms with Crippen molar-refractivity contribution in [2.24, 2.45) is 0 Å². The fraction of sp³-hybridized carbons (Fsp3) is 0.278. The number of nitrogens with one attached hydrogen (secondary N) is 1. The number of amides is 1. The number of rotatable bonds is 4. The molecule has 0 aliphatic rings. The van der Waals surface area contributed by atoms with Gasteiger partial charge in [-0.25, -0.2) is 0 Å². The van der Waals surface area contributed by atoms with E-state index in [0.717, 1.165) is 28.3 Å². The highest BCUT2D eigenvalue weighted by molar-refractivity contribution is 5.90. The van der Waals surface area contributed by atoms with Gasteiger partial charge in [-0.3, -0.25) is 4.79 Å². The molecule has 4 heteroatoms. The zero-order valence-electron chi connectivity index (χ0n) is 13.8. The maximum absolute atomic E-state index is 11.1. The lowest BCUT2D eigenvalue weighted by molar-refractivity contribution is -0.114. The van der Waals surface area contributed by atoms with Crippen LogP contribution in [0.1, 0.15) is 20.8 Å². The molecular weight excluding hydrogens is 278 g/mol. The summed E-state index contributed by atoms with van der Waals surface area (Å²) in [6, 6.07) is 13.2. The van der Waals surface area contributed by atoms with Crippen LogP contribution in [0.15, 0.2) is 42.5 Å². The van der Waals surface area contributed by atoms with Crippen LogP contribution in [0.3, 0.4) is 0 Å². The van der Waals surface area contributed by atoms with Crippen LogP contribution in [0, 0.1) is 0 Å². The van der Waals surface area contributed by atoms with Crippen LogP contribution in [0.25, 0.3) is 11.1 Å². The van der Waals surface area contributed by atoms with Crippen molar-refractivity contribution in [3.63, 3.8) is 0 Å². The standard InChI is InChI=1S/C16H17NO3.C2H6/c1-11(18)17-13-6-9-16(20-3)15(10-13)12-4-7-14(19-2)8-5-12;1-2/h4-10H,1-3H3,(H,17,18);1-2H3. The lowest BCUT2D eigenvalue weighted by atomic mass is 10.0. The molecule has 0 unspecified atom stereocenters. The van der Waals surface area contributed by atoms with Gasteiger partial charge in [0.15, 0.2) is 0 Å². The second kappa shape index (κ2) is 8.72. The van der Waals surface area contributed by atoms with Gasteiger partial charge in [0, 0.05) is 18.2 Å². The smallest absolute Gasteiger partial charge is 0.221 e. The van der Waals surface area contributed by atoms with Crippen molar-refractivity contribution in [3.05, 3.63) is 42.5 Å². The van der Waals surface area contributed by atoms with Crippen LogP contribution in [-0.4, -0.2) is 20.1 Å². The molecule has 4 nitrogen and oxygen atoms in total. The predicted octanol–water partition coefficient (Wildman–Crippen LogP) is 4.36. The van der Waals surface area contributed by atoms with E-state index in [-0.39, 0.29) is 5.91 Å². The first-order valence-corrected chi connectivity index (χ1v) is 7.24. The molecule has 118 valence electrons. The van der Waals surface area contributed by atoms with E-state index in [1.54, 1.807) is 14.2 Å². The van der Waals surface area contributed by atoms with Crippen LogP contribution < -0.4 is 14.8 Å². The third kappa shape index (κ3) is 4.52. The van der Waals surface area contributed by atoms with Gasteiger partial charge in [-0.05, 0) is 35.9 Å². The summed E-state index contributed by atoms with van der Waals surface area (Å²) in [6.45, 7) is 5.48. The third-order valence-electron chi connectivity index (χ3n) is 2.92. The fourth-order valence-corrected chi connectivity index (χ4v) is 1.99. The number of carbonyl (C=O) groups is 1. The summed E-state index contributed by atoms with van der Waals surface area (Å²) in [5.74, 6) is 1.45. The average Bonchev–Trinajstić information content (AvgIpc) is 2.56. The van der Waals surface area contributed by atoms with Crippen molar-refractivity contribution in [2.45, 2.75) is 20.8 Å². The number of hydrogen-bond donors (Lipinski definition) is 1. The molecule has 0 aliphatic heterocycles. The SMILES string of the molecule is CC.COc1ccc(-c2cc(NC(C)=O)ccc2OC)cc1. The third-order valence-corrected chi connectivity index (χ3v) is 2.92. The first-order chi connectivity index (χ1) is 10.6. The molecule has 2 aromatic carbocycles. The Kier molecular flexibility index (Phi) is 6.96. The van der Waals surface area contributed by atoms with Crippen molar-refractivity contribution in [2.75, 3.05) is 19.5 Å². The van der Waals surface area contributed by atoms with Crippen molar-refractivity contribution in [3.8, 4) is 22.6 Å². The minimum atomic E-state index is -0.101. The Morgan fingerprint density at radius 3 is 2.09 bits per heavy atom. The maximum atomic E-state index is 11.1. The topological polar surface area (TPSA) is 47.6 Å². The quantitative estimate of drug-likeness (QED) is 0.913. The van der Waals surface area contributed by atoms with E-state index in [4.69, 9.17) is 9.47 Å². The van der Waals surface area contributed by atoms with E-state index in [0.29, 0.717) is 0 Å². The van der Waals surface area contributed by atoms with Crippen molar-refractivity contribution in [1.29, 1.82) is 0 Å². The van der Waals surface area contributed by atoms with Gasteiger partial charge in [0.05, 0.1) is 14.2 Å². The van der Waals surface area contributed by atoms with Gasteiger partial charge in [0.25, 0.3) is 0 Å². The van der Waals surface area contributed by atoms with Gasteiger partial charge in [0.2, 0.25) is 5.91 Å². The molecule has 2 rings (SSSR count). The normalized spacial score (nSPS) is 9.32. The molecule has 0 saturated heterocycles. The molecular formula is C18H23NO3. The molecule has 2 aromatic rings. The molecule has 0 saturated carbocycles. The number of carbonyl (C=O) groups excluding carboxylic acids is 1. The summed E-state index contributed by atoms with van der Waals surface area (Å²) in [4.78, 5) is 11.1. The summed E-state index contributed by atoms with van der Waals surface area (Å²) in [6.07, 6.45) is 0. The van der Waals surface area contributed by atoms with E-state index in [9.17, 15) is 4.79 Å². The Balaban J connectivity index is 0.00000116. The van der Waals surface area contributed by atoms with Gasteiger partial charge in [-0.15, -0.1) is 0 Å². The minimum absolute atomic E-state index is 0.101. The molecule has 0 spiro atoms. The number of hydrogen-bond acceptors (Lipinski definition) is 3. The van der Waals surface area contributed by atoms with Crippen LogP contribution >= 0.6 is 0 Å². The van der Waals surface area contributed by atoms with Crippen LogP contribution in [0.2, 0.25) is 0 Å². The molecule has 0 heterocycles. The summed E-state index contributed by atoms with van der Waals surface area (Å²) < 4.78 is 10.5. The van der Waals surface area contributed by atoms with Crippen LogP contribution in [0.5, 0.6) is 11.5 Å². The Morgan fingerprint density at radius 2 is 1.59 bits per heavy atom. The van der Waals surface area contributed by atoms with E-state index >= 15 is 0 Å². The van der Waals surface area contributed by atoms with Gasteiger partial charge in [0.1, 0.15) is 11.5 Å². The maximum Gasteiger partial charge on any atom is 0.221 e. The minimum Gasteiger partial charge on any atom is -0.497 e. The largest absolute Gasteiger partial charge is 0.497 e. The number of benzene rings is 2. The molecule has 0 radical (unpaired) electrons. The van der Waals surface area contributed by atoms with Crippen molar-refractivity contribution in [1.82, 2.24) is 0 Å². The first kappa shape index (κ1) is 17.6. The zero-order valence-corrected chi connectivity index (χ0v) is 13.8. The lowest BCUT2D eigenvalue weighted by Crippen LogP contribution is -2.05. The van der Waals surface area contributed by atoms with E-state index in [2.05, 4.69) is 5.32 Å². The zero-order chi connectivity index (χ0) is 16.5. The second-order valence-electron chi connectivity index (χ2n) is 4.32. The number of methoxy groups -OCH3 is 2. The Hall–Kier alpha value is -2.49. The Labute approximate surface area is 132 Å². The van der Waals surface area contributed by atoms with Crippen molar-refractivity contribution < 1.29 is 14.3 Å². The fourth-order valence-electron chi connectivity index (χ4n) is 1.99. The Morgan fingerprint density at radius 1 is 0.955 bits per heavy atom. The molecule has 0 fully saturated rings. The molecule has 0 atom stereocenters. The predicted molar refractivity (Wildman–Crippen MR) is 90.6 cm³/mol. The van der Waals surface area contributed by atoms with Gasteiger partial charge in [-0.2, -0.15) is 0 Å². The molecule has 0 aromatic heterocycles. The first-order valence-electron chi connectivity index (χ1n) is 7.24. The lowest BCUT2D eigenvalue weighted by Gasteiger charge is -2.12. The summed E-state index contributed by atoms with van der Waals surface area (Å²) in [5, 5.41) is 2.77. The number of ether oxygens (including phenoxy) is 2. The molecule has 1 amide bonds. The van der Waals surface area contributed by atoms with Crippen LogP contribution in [0.4, 0.5) is 5.69 Å². The summed E-state index contributed by atoms with van der Waals surface area (Å²) in [5.41, 5.74) is 2.65. The highest BCUT2D eigenvalue weighted by atomic mass is 16.5. The van der Waals surface area contributed by atoms with E-state index in [1.807, 2.05) is 56.3 Å². The Bertz CT molecular complexity index is 606. The summed E-state index contributed by atoms with van der Waals surface area (Å²) >= 11 is 0. The molecule has 0 bridgehead atoms. The molecule has 1 N–H and O–H groups in total. The van der Waals surface area contributed by atoms with Gasteiger partial charge >= 0.3 is 0 Å². The summed E-state index contributed by atoms with van der Waals surface area (Å²) in [7, 11) is 3.26. The van der Waals surface area contributed by atoms with Crippen LogP contribution in [-0.2, 0) is 4.79 Å². The second-order valence-corrected chi connectivity index (χ2v) is 4.32. The van der Waals surface area contributed by atoms with Crippen molar-refractivity contribution >= 4 is 11.6 Å². The van der Waals surface area contributed by atoms with Gasteiger partial charge in [-0.1, -0.05) is 26.0 Å². The van der Waals surface area contributed by atoms with E-state index < -0.39 is 0 Å². The van der Waals surface area contributed by atoms with E-state index in [1.165, 1.54) is 6.92 Å². The highest BCUT2D eigenvalue weighted by Crippen LogP contribution is 2.33. The average molecular weight is 301 g/mol. The van der Waals surface area contributed by atoms with Gasteiger partial charge < -0.3 is 14.8 Å². The molecule has 0 aliphatic carbocycles. The molecule has 22 heavy (non-hydrogen) atoms. The highest BCUT2D eigenvalue weighted by Gasteiger charge is 2.08. The number of anilines is 1. The monoisotopic (exact) mass is 301 g/mol.